The maximum Gasteiger partial charge on any atom is 0.235 e. The van der Waals surface area contributed by atoms with Gasteiger partial charge in [-0.1, -0.05) is 72.3 Å². The highest BCUT2D eigenvalue weighted by Crippen LogP contribution is 2.30. The van der Waals surface area contributed by atoms with E-state index in [1.54, 1.807) is 0 Å². The third-order valence-corrected chi connectivity index (χ3v) is 4.67. The average molecular weight is 350 g/mol. The number of carbonyl (C=O) groups excluding carboxylic acids is 1. The van der Waals surface area contributed by atoms with Gasteiger partial charge in [0.1, 0.15) is 0 Å². The van der Waals surface area contributed by atoms with Crippen LogP contribution in [-0.4, -0.2) is 5.91 Å². The Hall–Kier alpha value is -2.58. The molecule has 0 aromatic heterocycles. The summed E-state index contributed by atoms with van der Waals surface area (Å²) in [5.41, 5.74) is 2.16. The van der Waals surface area contributed by atoms with Gasteiger partial charge in [0.15, 0.2) is 0 Å². The van der Waals surface area contributed by atoms with Crippen molar-refractivity contribution in [3.63, 3.8) is 0 Å². The predicted molar refractivity (Wildman–Crippen MR) is 104 cm³/mol. The van der Waals surface area contributed by atoms with Crippen LogP contribution in [0.4, 0.5) is 5.69 Å². The molecule has 1 atom stereocenters. The number of anilines is 1. The van der Waals surface area contributed by atoms with Gasteiger partial charge < -0.3 is 5.32 Å². The van der Waals surface area contributed by atoms with E-state index >= 15 is 0 Å². The van der Waals surface area contributed by atoms with Gasteiger partial charge in [-0.3, -0.25) is 4.79 Å². The van der Waals surface area contributed by atoms with E-state index in [4.69, 9.17) is 11.6 Å². The third kappa shape index (κ3) is 4.09. The largest absolute Gasteiger partial charge is 0.325 e. The van der Waals surface area contributed by atoms with E-state index in [1.165, 1.54) is 0 Å². The lowest BCUT2D eigenvalue weighted by Crippen LogP contribution is -2.39. The molecule has 0 aliphatic carbocycles. The molecule has 2 nitrogen and oxygen atoms in total. The van der Waals surface area contributed by atoms with Crippen LogP contribution in [0.25, 0.3) is 0 Å². The molecule has 0 saturated carbocycles. The number of rotatable bonds is 5. The van der Waals surface area contributed by atoms with E-state index in [0.29, 0.717) is 11.4 Å². The van der Waals surface area contributed by atoms with Crippen molar-refractivity contribution in [3.05, 3.63) is 101 Å². The smallest absolute Gasteiger partial charge is 0.235 e. The van der Waals surface area contributed by atoms with Crippen LogP contribution < -0.4 is 5.32 Å². The Bertz CT molecular complexity index is 831. The SMILES string of the molecule is CC(Cc1ccc(Cl)cc1)(C(=O)Nc1ccccc1)c1ccccc1. The van der Waals surface area contributed by atoms with Crippen LogP contribution in [-0.2, 0) is 16.6 Å². The number of hydrogen-bond acceptors (Lipinski definition) is 1. The van der Waals surface area contributed by atoms with Crippen molar-refractivity contribution >= 4 is 23.2 Å². The lowest BCUT2D eigenvalue weighted by molar-refractivity contribution is -0.121. The van der Waals surface area contributed by atoms with Crippen LogP contribution in [0.3, 0.4) is 0 Å². The minimum absolute atomic E-state index is 0.0279. The van der Waals surface area contributed by atoms with Gasteiger partial charge in [0.05, 0.1) is 5.41 Å². The number of halogens is 1. The second kappa shape index (κ2) is 7.54. The summed E-state index contributed by atoms with van der Waals surface area (Å²) in [6.45, 7) is 1.98. The van der Waals surface area contributed by atoms with E-state index in [-0.39, 0.29) is 5.91 Å². The molecular formula is C22H20ClNO. The highest BCUT2D eigenvalue weighted by atomic mass is 35.5. The number of nitrogens with one attached hydrogen (secondary N) is 1. The van der Waals surface area contributed by atoms with Crippen molar-refractivity contribution in [1.29, 1.82) is 0 Å². The Balaban J connectivity index is 1.94. The molecule has 0 fully saturated rings. The fraction of sp³-hybridized carbons (Fsp3) is 0.136. The molecule has 3 rings (SSSR count). The first-order chi connectivity index (χ1) is 12.1. The minimum atomic E-state index is -0.690. The van der Waals surface area contributed by atoms with Gasteiger partial charge in [-0.15, -0.1) is 0 Å². The number of carbonyl (C=O) groups is 1. The highest BCUT2D eigenvalue weighted by molar-refractivity contribution is 6.30. The van der Waals surface area contributed by atoms with Crippen LogP contribution in [0.1, 0.15) is 18.1 Å². The summed E-state index contributed by atoms with van der Waals surface area (Å²) in [7, 11) is 0. The van der Waals surface area contributed by atoms with Crippen molar-refractivity contribution in [1.82, 2.24) is 0 Å². The molecule has 0 saturated heterocycles. The average Bonchev–Trinajstić information content (AvgIpc) is 2.65. The van der Waals surface area contributed by atoms with Crippen LogP contribution in [0.5, 0.6) is 0 Å². The zero-order valence-electron chi connectivity index (χ0n) is 14.1. The molecule has 3 aromatic carbocycles. The number of para-hydroxylation sites is 1. The number of amides is 1. The summed E-state index contributed by atoms with van der Waals surface area (Å²) in [5, 5.41) is 3.74. The maximum absolute atomic E-state index is 13.2. The molecule has 3 aromatic rings. The van der Waals surface area contributed by atoms with Crippen LogP contribution >= 0.6 is 11.6 Å². The van der Waals surface area contributed by atoms with Crippen molar-refractivity contribution < 1.29 is 4.79 Å². The van der Waals surface area contributed by atoms with Crippen LogP contribution in [0.2, 0.25) is 5.02 Å². The number of hydrogen-bond donors (Lipinski definition) is 1. The van der Waals surface area contributed by atoms with Gasteiger partial charge in [-0.2, -0.15) is 0 Å². The lowest BCUT2D eigenvalue weighted by Gasteiger charge is -2.29. The molecule has 0 aliphatic heterocycles. The van der Waals surface area contributed by atoms with Gasteiger partial charge in [0, 0.05) is 10.7 Å². The molecule has 0 spiro atoms. The second-order valence-corrected chi connectivity index (χ2v) is 6.76. The van der Waals surface area contributed by atoms with E-state index in [0.717, 1.165) is 16.8 Å². The minimum Gasteiger partial charge on any atom is -0.325 e. The van der Waals surface area contributed by atoms with Gasteiger partial charge in [-0.25, -0.2) is 0 Å². The maximum atomic E-state index is 13.2. The standard InChI is InChI=1S/C22H20ClNO/c1-22(18-8-4-2-5-9-18,16-17-12-14-19(23)15-13-17)21(25)24-20-10-6-3-7-11-20/h2-15H,16H2,1H3,(H,24,25). The topological polar surface area (TPSA) is 29.1 Å². The monoisotopic (exact) mass is 349 g/mol. The molecule has 0 aliphatic rings. The number of benzene rings is 3. The van der Waals surface area contributed by atoms with E-state index in [2.05, 4.69) is 5.32 Å². The van der Waals surface area contributed by atoms with E-state index in [9.17, 15) is 4.79 Å². The Morgan fingerprint density at radius 2 is 1.44 bits per heavy atom. The molecule has 0 bridgehead atoms. The predicted octanol–water partition coefficient (Wildman–Crippen LogP) is 5.48. The molecule has 1 amide bonds. The molecule has 0 heterocycles. The molecule has 0 radical (unpaired) electrons. The van der Waals surface area contributed by atoms with Crippen molar-refractivity contribution in [3.8, 4) is 0 Å². The first-order valence-corrected chi connectivity index (χ1v) is 8.62. The summed E-state index contributed by atoms with van der Waals surface area (Å²) in [6.07, 6.45) is 0.590. The summed E-state index contributed by atoms with van der Waals surface area (Å²) in [4.78, 5) is 13.2. The Labute approximate surface area is 153 Å². The highest BCUT2D eigenvalue weighted by Gasteiger charge is 2.35. The molecule has 1 unspecified atom stereocenters. The fourth-order valence-corrected chi connectivity index (χ4v) is 3.05. The van der Waals surface area contributed by atoms with Gasteiger partial charge in [0.2, 0.25) is 5.91 Å². The third-order valence-electron chi connectivity index (χ3n) is 4.41. The van der Waals surface area contributed by atoms with Gasteiger partial charge in [-0.05, 0) is 48.7 Å². The first-order valence-electron chi connectivity index (χ1n) is 8.24. The van der Waals surface area contributed by atoms with E-state index in [1.807, 2.05) is 91.9 Å². The van der Waals surface area contributed by atoms with E-state index < -0.39 is 5.41 Å². The Morgan fingerprint density at radius 3 is 2.04 bits per heavy atom. The Kier molecular flexibility index (Phi) is 5.20. The summed E-state index contributed by atoms with van der Waals surface area (Å²) in [6, 6.07) is 27.1. The van der Waals surface area contributed by atoms with Crippen molar-refractivity contribution in [2.45, 2.75) is 18.8 Å². The zero-order chi connectivity index (χ0) is 17.7. The summed E-state index contributed by atoms with van der Waals surface area (Å²) >= 11 is 5.99. The van der Waals surface area contributed by atoms with Crippen LogP contribution in [0.15, 0.2) is 84.9 Å². The molecule has 25 heavy (non-hydrogen) atoms. The molecule has 1 N–H and O–H groups in total. The lowest BCUT2D eigenvalue weighted by atomic mass is 9.76. The normalized spacial score (nSPS) is 13.0. The molecular weight excluding hydrogens is 330 g/mol. The summed E-state index contributed by atoms with van der Waals surface area (Å²) < 4.78 is 0. The first kappa shape index (κ1) is 17.2. The van der Waals surface area contributed by atoms with Crippen LogP contribution in [0, 0.1) is 0 Å². The van der Waals surface area contributed by atoms with Crippen molar-refractivity contribution in [2.75, 3.05) is 5.32 Å². The fourth-order valence-electron chi connectivity index (χ4n) is 2.92. The molecule has 3 heteroatoms. The van der Waals surface area contributed by atoms with Gasteiger partial charge >= 0.3 is 0 Å². The second-order valence-electron chi connectivity index (χ2n) is 6.32. The quantitative estimate of drug-likeness (QED) is 0.649. The van der Waals surface area contributed by atoms with Crippen molar-refractivity contribution in [2.24, 2.45) is 0 Å². The Morgan fingerprint density at radius 1 is 0.880 bits per heavy atom. The molecule has 126 valence electrons. The zero-order valence-corrected chi connectivity index (χ0v) is 14.8. The van der Waals surface area contributed by atoms with Gasteiger partial charge in [0.25, 0.3) is 0 Å². The summed E-state index contributed by atoms with van der Waals surface area (Å²) in [5.74, 6) is -0.0279.